The van der Waals surface area contributed by atoms with Crippen LogP contribution in [0.3, 0.4) is 0 Å². The summed E-state index contributed by atoms with van der Waals surface area (Å²) in [7, 11) is 0. The molecule has 2 rings (SSSR count). The van der Waals surface area contributed by atoms with Gasteiger partial charge in [0.25, 0.3) is 5.91 Å². The van der Waals surface area contributed by atoms with Gasteiger partial charge in [-0.15, -0.1) is 0 Å². The minimum atomic E-state index is -0.398. The van der Waals surface area contributed by atoms with E-state index in [2.05, 4.69) is 10.3 Å². The number of carbonyl (C=O) groups excluding carboxylic acids is 1. The Morgan fingerprint density at radius 1 is 1.56 bits per heavy atom. The number of aromatic amines is 1. The molecular weight excluding hydrogens is 236 g/mol. The molecule has 1 unspecified atom stereocenters. The minimum absolute atomic E-state index is 0.109. The topological polar surface area (TPSA) is 80.4 Å². The van der Waals surface area contributed by atoms with Crippen molar-refractivity contribution in [2.45, 2.75) is 13.0 Å². The maximum absolute atomic E-state index is 11.8. The number of hydrogen-bond acceptors (Lipinski definition) is 4. The standard InChI is InChI=1S/C12H16N2O4/c1-8-4-11(15)10(6-13-8)12(16)14-5-9-7-17-2-3-18-9/h4,6,9H,2-3,5,7H2,1H3,(H,13,15)(H,14,16). The lowest BCUT2D eigenvalue weighted by molar-refractivity contribution is -0.0855. The molecule has 18 heavy (non-hydrogen) atoms. The van der Waals surface area contributed by atoms with Crippen molar-refractivity contribution in [1.29, 1.82) is 0 Å². The third kappa shape index (κ3) is 3.18. The second kappa shape index (κ2) is 5.79. The van der Waals surface area contributed by atoms with E-state index in [0.717, 1.165) is 5.69 Å². The van der Waals surface area contributed by atoms with E-state index in [4.69, 9.17) is 9.47 Å². The highest BCUT2D eigenvalue weighted by Gasteiger charge is 2.16. The third-order valence-corrected chi connectivity index (χ3v) is 2.68. The van der Waals surface area contributed by atoms with E-state index in [1.54, 1.807) is 6.92 Å². The molecule has 0 radical (unpaired) electrons. The number of aryl methyl sites for hydroxylation is 1. The number of ether oxygens (including phenoxy) is 2. The molecular formula is C12H16N2O4. The smallest absolute Gasteiger partial charge is 0.256 e. The van der Waals surface area contributed by atoms with Gasteiger partial charge in [-0.1, -0.05) is 0 Å². The van der Waals surface area contributed by atoms with Crippen molar-refractivity contribution < 1.29 is 14.3 Å². The Bertz CT molecular complexity index is 477. The van der Waals surface area contributed by atoms with Crippen LogP contribution in [0.15, 0.2) is 17.1 Å². The lowest BCUT2D eigenvalue weighted by Crippen LogP contribution is -2.40. The molecule has 6 heteroatoms. The van der Waals surface area contributed by atoms with Crippen LogP contribution in [0, 0.1) is 6.92 Å². The fourth-order valence-electron chi connectivity index (χ4n) is 1.71. The number of rotatable bonds is 3. The third-order valence-electron chi connectivity index (χ3n) is 2.68. The Morgan fingerprint density at radius 2 is 2.39 bits per heavy atom. The first-order chi connectivity index (χ1) is 8.66. The van der Waals surface area contributed by atoms with Gasteiger partial charge in [-0.25, -0.2) is 0 Å². The van der Waals surface area contributed by atoms with Gasteiger partial charge in [0.15, 0.2) is 5.43 Å². The van der Waals surface area contributed by atoms with Gasteiger partial charge < -0.3 is 19.8 Å². The van der Waals surface area contributed by atoms with Crippen LogP contribution in [-0.2, 0) is 9.47 Å². The summed E-state index contributed by atoms with van der Waals surface area (Å²) < 4.78 is 10.6. The van der Waals surface area contributed by atoms with Crippen LogP contribution in [0.25, 0.3) is 0 Å². The van der Waals surface area contributed by atoms with E-state index in [1.165, 1.54) is 12.3 Å². The second-order valence-corrected chi connectivity index (χ2v) is 4.17. The van der Waals surface area contributed by atoms with Gasteiger partial charge in [0.05, 0.1) is 25.9 Å². The number of hydrogen-bond donors (Lipinski definition) is 2. The Morgan fingerprint density at radius 3 is 3.06 bits per heavy atom. The molecule has 0 saturated carbocycles. The molecule has 2 N–H and O–H groups in total. The summed E-state index contributed by atoms with van der Waals surface area (Å²) in [6.45, 7) is 3.68. The zero-order valence-electron chi connectivity index (χ0n) is 10.2. The first-order valence-corrected chi connectivity index (χ1v) is 5.83. The molecule has 1 aliphatic heterocycles. The number of aromatic nitrogens is 1. The zero-order valence-corrected chi connectivity index (χ0v) is 10.2. The van der Waals surface area contributed by atoms with Crippen LogP contribution in [0.4, 0.5) is 0 Å². The van der Waals surface area contributed by atoms with Crippen molar-refractivity contribution in [3.63, 3.8) is 0 Å². The van der Waals surface area contributed by atoms with Crippen molar-refractivity contribution in [2.24, 2.45) is 0 Å². The molecule has 1 aromatic heterocycles. The first kappa shape index (κ1) is 12.8. The van der Waals surface area contributed by atoms with Crippen LogP contribution >= 0.6 is 0 Å². The van der Waals surface area contributed by atoms with Crippen molar-refractivity contribution in [1.82, 2.24) is 10.3 Å². The fourth-order valence-corrected chi connectivity index (χ4v) is 1.71. The van der Waals surface area contributed by atoms with E-state index in [9.17, 15) is 9.59 Å². The van der Waals surface area contributed by atoms with Crippen molar-refractivity contribution >= 4 is 5.91 Å². The van der Waals surface area contributed by atoms with Gasteiger partial charge in [-0.05, 0) is 6.92 Å². The lowest BCUT2D eigenvalue weighted by Gasteiger charge is -2.22. The van der Waals surface area contributed by atoms with Crippen molar-refractivity contribution in [3.05, 3.63) is 33.7 Å². The van der Waals surface area contributed by atoms with E-state index in [1.807, 2.05) is 0 Å². The fraction of sp³-hybridized carbons (Fsp3) is 0.500. The summed E-state index contributed by atoms with van der Waals surface area (Å²) in [4.78, 5) is 26.2. The molecule has 0 bridgehead atoms. The molecule has 98 valence electrons. The van der Waals surface area contributed by atoms with Gasteiger partial charge in [-0.2, -0.15) is 0 Å². The highest BCUT2D eigenvalue weighted by Crippen LogP contribution is 1.99. The Labute approximate surface area is 104 Å². The first-order valence-electron chi connectivity index (χ1n) is 5.83. The molecule has 1 aliphatic rings. The van der Waals surface area contributed by atoms with Crippen LogP contribution in [-0.4, -0.2) is 43.4 Å². The van der Waals surface area contributed by atoms with Crippen LogP contribution in [0.1, 0.15) is 16.1 Å². The molecule has 2 heterocycles. The summed E-state index contributed by atoms with van der Waals surface area (Å²) in [6, 6.07) is 1.40. The highest BCUT2D eigenvalue weighted by atomic mass is 16.6. The molecule has 0 aliphatic carbocycles. The largest absolute Gasteiger partial charge is 0.376 e. The second-order valence-electron chi connectivity index (χ2n) is 4.17. The van der Waals surface area contributed by atoms with E-state index in [0.29, 0.717) is 26.4 Å². The van der Waals surface area contributed by atoms with Gasteiger partial charge in [0.1, 0.15) is 5.56 Å². The summed E-state index contributed by atoms with van der Waals surface area (Å²) in [5, 5.41) is 2.67. The van der Waals surface area contributed by atoms with Gasteiger partial charge in [0.2, 0.25) is 0 Å². The summed E-state index contributed by atoms with van der Waals surface area (Å²) in [5.74, 6) is -0.398. The predicted molar refractivity (Wildman–Crippen MR) is 64.7 cm³/mol. The number of amides is 1. The monoisotopic (exact) mass is 252 g/mol. The molecule has 1 amide bonds. The van der Waals surface area contributed by atoms with Crippen molar-refractivity contribution in [2.75, 3.05) is 26.4 Å². The predicted octanol–water partition coefficient (Wildman–Crippen LogP) is -0.171. The summed E-state index contributed by atoms with van der Waals surface area (Å²) >= 11 is 0. The molecule has 1 aromatic rings. The average Bonchev–Trinajstić information content (AvgIpc) is 2.37. The van der Waals surface area contributed by atoms with E-state index in [-0.39, 0.29) is 17.1 Å². The Kier molecular flexibility index (Phi) is 4.11. The Hall–Kier alpha value is -1.66. The maximum Gasteiger partial charge on any atom is 0.256 e. The summed E-state index contributed by atoms with van der Waals surface area (Å²) in [6.07, 6.45) is 1.28. The molecule has 1 atom stereocenters. The Balaban J connectivity index is 1.93. The normalized spacial score (nSPS) is 19.5. The average molecular weight is 252 g/mol. The zero-order chi connectivity index (χ0) is 13.0. The molecule has 1 fully saturated rings. The minimum Gasteiger partial charge on any atom is -0.376 e. The van der Waals surface area contributed by atoms with Gasteiger partial charge in [0, 0.05) is 24.5 Å². The van der Waals surface area contributed by atoms with Gasteiger partial charge >= 0.3 is 0 Å². The van der Waals surface area contributed by atoms with E-state index < -0.39 is 5.91 Å². The van der Waals surface area contributed by atoms with Crippen LogP contribution < -0.4 is 10.7 Å². The number of nitrogens with one attached hydrogen (secondary N) is 2. The van der Waals surface area contributed by atoms with E-state index >= 15 is 0 Å². The van der Waals surface area contributed by atoms with Crippen LogP contribution in [0.5, 0.6) is 0 Å². The summed E-state index contributed by atoms with van der Waals surface area (Å²) in [5.41, 5.74) is 0.544. The SMILES string of the molecule is Cc1cc(=O)c(C(=O)NCC2COCCO2)c[nH]1. The maximum atomic E-state index is 11.8. The molecule has 0 spiro atoms. The highest BCUT2D eigenvalue weighted by molar-refractivity contribution is 5.93. The lowest BCUT2D eigenvalue weighted by atomic mass is 10.2. The molecule has 0 aromatic carbocycles. The molecule has 1 saturated heterocycles. The number of carbonyl (C=O) groups is 1. The number of H-pyrrole nitrogens is 1. The van der Waals surface area contributed by atoms with Gasteiger partial charge in [-0.3, -0.25) is 9.59 Å². The quantitative estimate of drug-likeness (QED) is 0.782. The number of pyridine rings is 1. The molecule has 6 nitrogen and oxygen atoms in total. The van der Waals surface area contributed by atoms with Crippen LogP contribution in [0.2, 0.25) is 0 Å². The van der Waals surface area contributed by atoms with Crippen molar-refractivity contribution in [3.8, 4) is 0 Å².